The van der Waals surface area contributed by atoms with Gasteiger partial charge in [-0.25, -0.2) is 0 Å². The Labute approximate surface area is 241 Å². The Morgan fingerprint density at radius 2 is 1.49 bits per heavy atom. The minimum Gasteiger partial charge on any atom is -0.449 e. The number of aryl methyl sites for hydroxylation is 1. The van der Waals surface area contributed by atoms with E-state index in [0.717, 1.165) is 42.0 Å². The Balaban J connectivity index is 1.13. The first-order chi connectivity index (χ1) is 20.0. The van der Waals surface area contributed by atoms with Crippen LogP contribution in [-0.2, 0) is 17.9 Å². The standard InChI is InChI=1S/C35H33N3O3/c1-26-8-7-11-29(22-26)25-38-31-12-5-6-13-32(31)41-33(35(38)40)23-27-14-16-30(17-15-27)34(39)37-20-18-36(19-21-37)24-28-9-3-2-4-10-28/h2-17,22-23H,18-21,24-25H2,1H3/b33-23+. The van der Waals surface area contributed by atoms with Crippen LogP contribution in [0.15, 0.2) is 109 Å². The fraction of sp³-hybridized carbons (Fsp3) is 0.200. The second kappa shape index (κ2) is 11.8. The third-order valence-corrected chi connectivity index (χ3v) is 7.62. The molecule has 2 heterocycles. The summed E-state index contributed by atoms with van der Waals surface area (Å²) in [6, 6.07) is 33.6. The lowest BCUT2D eigenvalue weighted by Crippen LogP contribution is -2.48. The second-order valence-electron chi connectivity index (χ2n) is 10.6. The fourth-order valence-corrected chi connectivity index (χ4v) is 5.42. The molecule has 2 amide bonds. The molecule has 2 aliphatic heterocycles. The highest BCUT2D eigenvalue weighted by molar-refractivity contribution is 6.09. The lowest BCUT2D eigenvalue weighted by molar-refractivity contribution is -0.117. The maximum Gasteiger partial charge on any atom is 0.294 e. The molecule has 2 aliphatic rings. The quantitative estimate of drug-likeness (QED) is 0.283. The molecule has 1 saturated heterocycles. The van der Waals surface area contributed by atoms with Crippen molar-refractivity contribution in [2.24, 2.45) is 0 Å². The van der Waals surface area contributed by atoms with Crippen molar-refractivity contribution in [2.75, 3.05) is 31.1 Å². The summed E-state index contributed by atoms with van der Waals surface area (Å²) >= 11 is 0. The van der Waals surface area contributed by atoms with Gasteiger partial charge in [0.05, 0.1) is 12.2 Å². The predicted molar refractivity (Wildman–Crippen MR) is 161 cm³/mol. The number of piperazine rings is 1. The Morgan fingerprint density at radius 1 is 0.780 bits per heavy atom. The Bertz CT molecular complexity index is 1570. The molecule has 0 bridgehead atoms. The molecule has 0 aliphatic carbocycles. The summed E-state index contributed by atoms with van der Waals surface area (Å²) in [7, 11) is 0. The average Bonchev–Trinajstić information content (AvgIpc) is 3.00. The lowest BCUT2D eigenvalue weighted by Gasteiger charge is -2.34. The number of carbonyl (C=O) groups excluding carboxylic acids is 2. The molecular formula is C35H33N3O3. The van der Waals surface area contributed by atoms with Crippen LogP contribution in [0.1, 0.15) is 32.6 Å². The highest BCUT2D eigenvalue weighted by Crippen LogP contribution is 2.36. The summed E-state index contributed by atoms with van der Waals surface area (Å²) in [6.45, 7) is 6.51. The highest BCUT2D eigenvalue weighted by atomic mass is 16.5. The molecule has 1 fully saturated rings. The van der Waals surface area contributed by atoms with E-state index in [1.165, 1.54) is 5.56 Å². The number of hydrogen-bond donors (Lipinski definition) is 0. The number of para-hydroxylation sites is 2. The first kappa shape index (κ1) is 26.5. The van der Waals surface area contributed by atoms with Crippen molar-refractivity contribution in [2.45, 2.75) is 20.0 Å². The number of amides is 2. The van der Waals surface area contributed by atoms with Crippen molar-refractivity contribution in [3.8, 4) is 5.75 Å². The zero-order valence-corrected chi connectivity index (χ0v) is 23.2. The number of carbonyl (C=O) groups is 2. The molecule has 4 aromatic carbocycles. The summed E-state index contributed by atoms with van der Waals surface area (Å²) < 4.78 is 6.06. The summed E-state index contributed by atoms with van der Waals surface area (Å²) in [6.07, 6.45) is 1.75. The normalized spacial score (nSPS) is 16.4. The zero-order chi connectivity index (χ0) is 28.2. The molecule has 0 unspecified atom stereocenters. The molecule has 41 heavy (non-hydrogen) atoms. The second-order valence-corrected chi connectivity index (χ2v) is 10.6. The number of ether oxygens (including phenoxy) is 1. The molecule has 0 atom stereocenters. The van der Waals surface area contributed by atoms with Crippen LogP contribution < -0.4 is 9.64 Å². The van der Waals surface area contributed by atoms with Crippen LogP contribution in [0, 0.1) is 6.92 Å². The topological polar surface area (TPSA) is 53.1 Å². The summed E-state index contributed by atoms with van der Waals surface area (Å²) in [5.41, 5.74) is 5.69. The van der Waals surface area contributed by atoms with Crippen LogP contribution >= 0.6 is 0 Å². The number of fused-ring (bicyclic) bond motifs is 1. The van der Waals surface area contributed by atoms with Crippen LogP contribution in [0.25, 0.3) is 6.08 Å². The van der Waals surface area contributed by atoms with E-state index in [9.17, 15) is 9.59 Å². The minimum absolute atomic E-state index is 0.0341. The van der Waals surface area contributed by atoms with Crippen molar-refractivity contribution >= 4 is 23.6 Å². The van der Waals surface area contributed by atoms with Gasteiger partial charge in [0.25, 0.3) is 11.8 Å². The van der Waals surface area contributed by atoms with Gasteiger partial charge in [-0.15, -0.1) is 0 Å². The summed E-state index contributed by atoms with van der Waals surface area (Å²) in [5, 5.41) is 0. The van der Waals surface area contributed by atoms with Crippen LogP contribution in [0.4, 0.5) is 5.69 Å². The smallest absolute Gasteiger partial charge is 0.294 e. The van der Waals surface area contributed by atoms with Gasteiger partial charge in [-0.3, -0.25) is 19.4 Å². The molecule has 6 nitrogen and oxygen atoms in total. The monoisotopic (exact) mass is 543 g/mol. The van der Waals surface area contributed by atoms with E-state index in [2.05, 4.69) is 35.2 Å². The molecule has 4 aromatic rings. The number of nitrogens with zero attached hydrogens (tertiary/aromatic N) is 3. The van der Waals surface area contributed by atoms with Crippen LogP contribution in [0.3, 0.4) is 0 Å². The van der Waals surface area contributed by atoms with Crippen molar-refractivity contribution < 1.29 is 14.3 Å². The molecular weight excluding hydrogens is 510 g/mol. The van der Waals surface area contributed by atoms with E-state index >= 15 is 0 Å². The predicted octanol–water partition coefficient (Wildman–Crippen LogP) is 5.92. The van der Waals surface area contributed by atoms with Gasteiger partial charge in [0, 0.05) is 38.3 Å². The third kappa shape index (κ3) is 6.08. The first-order valence-corrected chi connectivity index (χ1v) is 14.0. The van der Waals surface area contributed by atoms with Crippen molar-refractivity contribution in [3.05, 3.63) is 137 Å². The van der Waals surface area contributed by atoms with Crippen LogP contribution in [0.2, 0.25) is 0 Å². The molecule has 0 spiro atoms. The fourth-order valence-electron chi connectivity index (χ4n) is 5.42. The Morgan fingerprint density at radius 3 is 2.24 bits per heavy atom. The molecule has 6 heteroatoms. The average molecular weight is 544 g/mol. The van der Waals surface area contributed by atoms with E-state index in [-0.39, 0.29) is 17.6 Å². The molecule has 6 rings (SSSR count). The van der Waals surface area contributed by atoms with Crippen LogP contribution in [-0.4, -0.2) is 47.8 Å². The van der Waals surface area contributed by atoms with Gasteiger partial charge in [-0.05, 0) is 54.0 Å². The van der Waals surface area contributed by atoms with Gasteiger partial charge in [0.15, 0.2) is 11.5 Å². The molecule has 0 N–H and O–H groups in total. The molecule has 0 radical (unpaired) electrons. The van der Waals surface area contributed by atoms with Gasteiger partial charge in [-0.1, -0.05) is 84.4 Å². The summed E-state index contributed by atoms with van der Waals surface area (Å²) in [5.74, 6) is 0.736. The van der Waals surface area contributed by atoms with E-state index in [4.69, 9.17) is 4.74 Å². The van der Waals surface area contributed by atoms with E-state index in [0.29, 0.717) is 30.9 Å². The van der Waals surface area contributed by atoms with Crippen molar-refractivity contribution in [1.29, 1.82) is 0 Å². The van der Waals surface area contributed by atoms with Gasteiger partial charge >= 0.3 is 0 Å². The van der Waals surface area contributed by atoms with E-state index in [1.807, 2.05) is 84.6 Å². The molecule has 206 valence electrons. The van der Waals surface area contributed by atoms with Gasteiger partial charge in [0.2, 0.25) is 0 Å². The largest absolute Gasteiger partial charge is 0.449 e. The Hall–Kier alpha value is -4.68. The number of anilines is 1. The number of hydrogen-bond acceptors (Lipinski definition) is 4. The van der Waals surface area contributed by atoms with Gasteiger partial charge < -0.3 is 9.64 Å². The number of rotatable bonds is 6. The van der Waals surface area contributed by atoms with Crippen molar-refractivity contribution in [1.82, 2.24) is 9.80 Å². The Kier molecular flexibility index (Phi) is 7.65. The third-order valence-electron chi connectivity index (χ3n) is 7.62. The van der Waals surface area contributed by atoms with Gasteiger partial charge in [0.1, 0.15) is 0 Å². The van der Waals surface area contributed by atoms with Crippen LogP contribution in [0.5, 0.6) is 5.75 Å². The van der Waals surface area contributed by atoms with Gasteiger partial charge in [-0.2, -0.15) is 0 Å². The highest BCUT2D eigenvalue weighted by Gasteiger charge is 2.30. The van der Waals surface area contributed by atoms with E-state index in [1.54, 1.807) is 11.0 Å². The summed E-state index contributed by atoms with van der Waals surface area (Å²) in [4.78, 5) is 32.8. The number of benzene rings is 4. The van der Waals surface area contributed by atoms with Crippen molar-refractivity contribution in [3.63, 3.8) is 0 Å². The first-order valence-electron chi connectivity index (χ1n) is 14.0. The SMILES string of the molecule is Cc1cccc(CN2C(=O)/C(=C\c3ccc(C(=O)N4CCN(Cc5ccccc5)CC4)cc3)Oc3ccccc32)c1. The molecule has 0 aromatic heterocycles. The zero-order valence-electron chi connectivity index (χ0n) is 23.2. The molecule has 0 saturated carbocycles. The maximum absolute atomic E-state index is 13.6. The minimum atomic E-state index is -0.196. The maximum atomic E-state index is 13.6. The van der Waals surface area contributed by atoms with E-state index < -0.39 is 0 Å². The lowest BCUT2D eigenvalue weighted by atomic mass is 10.1.